The Bertz CT molecular complexity index is 403. The van der Waals surface area contributed by atoms with Crippen molar-refractivity contribution < 1.29 is 60.2 Å². The van der Waals surface area contributed by atoms with Crippen LogP contribution in [-0.4, -0.2) is 120 Å². The van der Waals surface area contributed by atoms with Crippen LogP contribution in [0.25, 0.3) is 0 Å². The molecule has 1 aliphatic rings. The van der Waals surface area contributed by atoms with Gasteiger partial charge < -0.3 is 55.4 Å². The van der Waals surface area contributed by atoms with Gasteiger partial charge in [-0.15, -0.1) is 0 Å². The van der Waals surface area contributed by atoms with Crippen LogP contribution >= 0.6 is 0 Å². The second-order valence-corrected chi connectivity index (χ2v) is 5.32. The molecule has 0 aromatic rings. The molecule has 9 N–H and O–H groups in total. The van der Waals surface area contributed by atoms with Crippen LogP contribution in [0.15, 0.2) is 0 Å². The highest BCUT2D eigenvalue weighted by molar-refractivity contribution is 5.73. The Balaban J connectivity index is 2.89. The molecular weight excluding hydrogens is 336 g/mol. The van der Waals surface area contributed by atoms with Crippen LogP contribution in [0.3, 0.4) is 0 Å². The van der Waals surface area contributed by atoms with Gasteiger partial charge in [-0.05, 0) is 0 Å². The van der Waals surface area contributed by atoms with Gasteiger partial charge >= 0.3 is 5.97 Å². The summed E-state index contributed by atoms with van der Waals surface area (Å²) in [5.74, 6) is -1.80. The lowest BCUT2D eigenvalue weighted by Crippen LogP contribution is -2.61. The smallest absolute Gasteiger partial charge is 0.335 e. The Kier molecular flexibility index (Phi) is 7.88. The third-order valence-electron chi connectivity index (χ3n) is 3.61. The summed E-state index contributed by atoms with van der Waals surface area (Å²) in [7, 11) is 0. The van der Waals surface area contributed by atoms with Crippen LogP contribution in [0.1, 0.15) is 0 Å². The summed E-state index contributed by atoms with van der Waals surface area (Å²) in [6.07, 6.45) is -17.1. The minimum Gasteiger partial charge on any atom is -0.479 e. The summed E-state index contributed by atoms with van der Waals surface area (Å²) in [6, 6.07) is 0. The summed E-state index contributed by atoms with van der Waals surface area (Å²) < 4.78 is 9.76. The van der Waals surface area contributed by atoms with E-state index in [0.717, 1.165) is 0 Å². The van der Waals surface area contributed by atoms with Crippen LogP contribution in [0.5, 0.6) is 0 Å². The minimum atomic E-state index is -2.22. The van der Waals surface area contributed by atoms with E-state index in [0.29, 0.717) is 0 Å². The van der Waals surface area contributed by atoms with Gasteiger partial charge in [0, 0.05) is 0 Å². The number of aliphatic hydroxyl groups is 8. The van der Waals surface area contributed by atoms with E-state index in [2.05, 4.69) is 0 Å². The van der Waals surface area contributed by atoms with Crippen molar-refractivity contribution >= 4 is 5.97 Å². The Morgan fingerprint density at radius 2 is 1.58 bits per heavy atom. The molecule has 1 saturated heterocycles. The first-order valence-electron chi connectivity index (χ1n) is 6.99. The predicted molar refractivity (Wildman–Crippen MR) is 71.4 cm³/mol. The molecule has 0 spiro atoms. The van der Waals surface area contributed by atoms with Crippen molar-refractivity contribution in [2.24, 2.45) is 0 Å². The van der Waals surface area contributed by atoms with Crippen LogP contribution in [0, 0.1) is 0 Å². The Morgan fingerprint density at radius 3 is 2.04 bits per heavy atom. The van der Waals surface area contributed by atoms with Crippen LogP contribution in [0.2, 0.25) is 0 Å². The number of aliphatic hydroxyl groups excluding tert-OH is 8. The second-order valence-electron chi connectivity index (χ2n) is 5.32. The third kappa shape index (κ3) is 4.58. The predicted octanol–water partition coefficient (Wildman–Crippen LogP) is -5.67. The van der Waals surface area contributed by atoms with E-state index < -0.39 is 74.3 Å². The van der Waals surface area contributed by atoms with Gasteiger partial charge in [-0.1, -0.05) is 0 Å². The first-order valence-corrected chi connectivity index (χ1v) is 6.99. The van der Waals surface area contributed by atoms with Crippen molar-refractivity contribution in [3.05, 3.63) is 0 Å². The zero-order valence-electron chi connectivity index (χ0n) is 12.4. The summed E-state index contributed by atoms with van der Waals surface area (Å²) in [5, 5.41) is 84.3. The van der Waals surface area contributed by atoms with Gasteiger partial charge in [-0.3, -0.25) is 0 Å². The minimum absolute atomic E-state index is 0.781. The highest BCUT2D eigenvalue weighted by Gasteiger charge is 2.47. The fraction of sp³-hybridized carbons (Fsp3) is 0.917. The number of carbonyl (C=O) groups is 1. The van der Waals surface area contributed by atoms with Gasteiger partial charge in [0.1, 0.15) is 42.7 Å². The van der Waals surface area contributed by atoms with Gasteiger partial charge in [0.15, 0.2) is 12.4 Å². The molecule has 0 amide bonds. The molecule has 12 heteroatoms. The van der Waals surface area contributed by atoms with E-state index in [1.165, 1.54) is 0 Å². The fourth-order valence-electron chi connectivity index (χ4n) is 2.12. The van der Waals surface area contributed by atoms with Gasteiger partial charge in [0.2, 0.25) is 0 Å². The molecular formula is C12H22O12. The van der Waals surface area contributed by atoms with E-state index >= 15 is 0 Å². The standard InChI is InChI=1S/C12H22O12/c13-1-3(15)5(16)8(19)10(11(21)22)24-12-9(20)7(18)6(17)4(2-14)23-12/h3-10,12-20H,1-2H2,(H,21,22)/t3-,4-,5-,6+,7+,8+,9-,10-,12+/m1/s1. The van der Waals surface area contributed by atoms with E-state index in [9.17, 15) is 35.4 Å². The fourth-order valence-corrected chi connectivity index (χ4v) is 2.12. The number of carboxylic acid groups (broad SMARTS) is 1. The van der Waals surface area contributed by atoms with Crippen molar-refractivity contribution in [1.82, 2.24) is 0 Å². The number of hydrogen-bond acceptors (Lipinski definition) is 11. The van der Waals surface area contributed by atoms with Crippen molar-refractivity contribution in [1.29, 1.82) is 0 Å². The Morgan fingerprint density at radius 1 is 1.00 bits per heavy atom. The normalized spacial score (nSPS) is 35.9. The van der Waals surface area contributed by atoms with Crippen LogP contribution in [0.4, 0.5) is 0 Å². The molecule has 1 fully saturated rings. The number of rotatable bonds is 8. The molecule has 0 saturated carbocycles. The van der Waals surface area contributed by atoms with E-state index in [1.54, 1.807) is 0 Å². The van der Waals surface area contributed by atoms with Gasteiger partial charge in [0.05, 0.1) is 13.2 Å². The molecule has 0 radical (unpaired) electrons. The monoisotopic (exact) mass is 358 g/mol. The average molecular weight is 358 g/mol. The molecule has 0 aromatic carbocycles. The number of hydrogen-bond donors (Lipinski definition) is 9. The first kappa shape index (κ1) is 21.1. The number of aliphatic carboxylic acids is 1. The third-order valence-corrected chi connectivity index (χ3v) is 3.61. The summed E-state index contributed by atoms with van der Waals surface area (Å²) in [5.41, 5.74) is 0. The quantitative estimate of drug-likeness (QED) is 0.198. The van der Waals surface area contributed by atoms with Crippen LogP contribution < -0.4 is 0 Å². The highest BCUT2D eigenvalue weighted by Crippen LogP contribution is 2.24. The van der Waals surface area contributed by atoms with Crippen molar-refractivity contribution in [2.75, 3.05) is 13.2 Å². The highest BCUT2D eigenvalue weighted by atomic mass is 16.7. The molecule has 1 aliphatic heterocycles. The lowest BCUT2D eigenvalue weighted by molar-refractivity contribution is -0.318. The lowest BCUT2D eigenvalue weighted by Gasteiger charge is -2.41. The maximum atomic E-state index is 11.2. The zero-order chi connectivity index (χ0) is 18.6. The van der Waals surface area contributed by atoms with E-state index in [4.69, 9.17) is 24.8 Å². The van der Waals surface area contributed by atoms with E-state index in [1.807, 2.05) is 0 Å². The Labute approximate surface area is 135 Å². The maximum absolute atomic E-state index is 11.2. The van der Waals surface area contributed by atoms with Gasteiger partial charge in [-0.25, -0.2) is 4.79 Å². The molecule has 0 aromatic heterocycles. The van der Waals surface area contributed by atoms with Crippen molar-refractivity contribution in [3.8, 4) is 0 Å². The molecule has 1 heterocycles. The molecule has 0 bridgehead atoms. The van der Waals surface area contributed by atoms with Crippen LogP contribution in [-0.2, 0) is 14.3 Å². The maximum Gasteiger partial charge on any atom is 0.335 e. The largest absolute Gasteiger partial charge is 0.479 e. The molecule has 9 atom stereocenters. The van der Waals surface area contributed by atoms with Crippen molar-refractivity contribution in [3.63, 3.8) is 0 Å². The van der Waals surface area contributed by atoms with Crippen molar-refractivity contribution in [2.45, 2.75) is 55.1 Å². The topological polar surface area (TPSA) is 218 Å². The molecule has 24 heavy (non-hydrogen) atoms. The molecule has 12 nitrogen and oxygen atoms in total. The first-order chi connectivity index (χ1) is 11.1. The Hall–Kier alpha value is -0.930. The molecule has 1 rings (SSSR count). The lowest BCUT2D eigenvalue weighted by atomic mass is 9.99. The summed E-state index contributed by atoms with van der Waals surface area (Å²) in [6.45, 7) is -1.75. The summed E-state index contributed by atoms with van der Waals surface area (Å²) >= 11 is 0. The van der Waals surface area contributed by atoms with Gasteiger partial charge in [0.25, 0.3) is 0 Å². The SMILES string of the molecule is O=C(O)[C@H](O[C@@H]1O[C@H](CO)[C@H](O)[C@H](O)[C@H]1O)[C@@H](O)[C@H](O)[C@H](O)CO. The van der Waals surface area contributed by atoms with Gasteiger partial charge in [-0.2, -0.15) is 0 Å². The summed E-state index contributed by atoms with van der Waals surface area (Å²) in [4.78, 5) is 11.2. The van der Waals surface area contributed by atoms with E-state index in [-0.39, 0.29) is 0 Å². The average Bonchev–Trinajstić information content (AvgIpc) is 2.56. The molecule has 142 valence electrons. The molecule has 0 unspecified atom stereocenters. The zero-order valence-corrected chi connectivity index (χ0v) is 12.4. The molecule has 0 aliphatic carbocycles. The number of carboxylic acids is 1. The number of ether oxygens (including phenoxy) is 2. The second kappa shape index (κ2) is 8.96.